The van der Waals surface area contributed by atoms with E-state index in [-0.39, 0.29) is 0 Å². The lowest BCUT2D eigenvalue weighted by molar-refractivity contribution is 0.214. The Kier molecular flexibility index (Phi) is 6.26. The van der Waals surface area contributed by atoms with Gasteiger partial charge in [0.1, 0.15) is 0 Å². The molecule has 1 rings (SSSR count). The predicted molar refractivity (Wildman–Crippen MR) is 67.2 cm³/mol. The van der Waals surface area contributed by atoms with Gasteiger partial charge in [0.2, 0.25) is 0 Å². The first kappa shape index (κ1) is 13.0. The molecule has 1 N–H and O–H groups in total. The Hall–Kier alpha value is -0.0800. The standard InChI is InChI=1S/C13H28N2/c1-4-5-12(2)10-14-11-13-6-8-15(3)9-7-13/h12-14H,4-11H2,1-3H3. The first-order valence-electron chi connectivity index (χ1n) is 6.61. The van der Waals surface area contributed by atoms with E-state index in [1.807, 2.05) is 0 Å². The summed E-state index contributed by atoms with van der Waals surface area (Å²) in [7, 11) is 2.23. The molecule has 1 atom stereocenters. The topological polar surface area (TPSA) is 15.3 Å². The molecule has 0 amide bonds. The Labute approximate surface area is 95.4 Å². The summed E-state index contributed by atoms with van der Waals surface area (Å²) in [6, 6.07) is 0. The maximum Gasteiger partial charge on any atom is -0.00187 e. The Morgan fingerprint density at radius 1 is 1.33 bits per heavy atom. The normalized spacial score (nSPS) is 21.8. The van der Waals surface area contributed by atoms with Gasteiger partial charge in [-0.3, -0.25) is 0 Å². The van der Waals surface area contributed by atoms with Crippen molar-refractivity contribution in [2.45, 2.75) is 39.5 Å². The van der Waals surface area contributed by atoms with Crippen LogP contribution >= 0.6 is 0 Å². The number of likely N-dealkylation sites (tertiary alicyclic amines) is 1. The molecule has 2 heteroatoms. The number of hydrogen-bond donors (Lipinski definition) is 1. The second-order valence-corrected chi connectivity index (χ2v) is 5.30. The zero-order chi connectivity index (χ0) is 11.1. The van der Waals surface area contributed by atoms with Gasteiger partial charge in [0.15, 0.2) is 0 Å². The molecule has 1 fully saturated rings. The van der Waals surface area contributed by atoms with E-state index in [4.69, 9.17) is 0 Å². The molecular formula is C13H28N2. The molecule has 2 nitrogen and oxygen atoms in total. The largest absolute Gasteiger partial charge is 0.316 e. The Bertz CT molecular complexity index is 151. The molecule has 0 aromatic rings. The van der Waals surface area contributed by atoms with Crippen molar-refractivity contribution >= 4 is 0 Å². The lowest BCUT2D eigenvalue weighted by Crippen LogP contribution is -2.36. The summed E-state index contributed by atoms with van der Waals surface area (Å²) in [6.45, 7) is 9.65. The first-order chi connectivity index (χ1) is 7.22. The van der Waals surface area contributed by atoms with Gasteiger partial charge in [0.25, 0.3) is 0 Å². The van der Waals surface area contributed by atoms with Crippen LogP contribution in [0.1, 0.15) is 39.5 Å². The van der Waals surface area contributed by atoms with Crippen molar-refractivity contribution < 1.29 is 0 Å². The number of nitrogens with zero attached hydrogens (tertiary/aromatic N) is 1. The van der Waals surface area contributed by atoms with Crippen LogP contribution in [0.2, 0.25) is 0 Å². The molecule has 0 radical (unpaired) electrons. The highest BCUT2D eigenvalue weighted by Gasteiger charge is 2.15. The SMILES string of the molecule is CCCC(C)CNCC1CCN(C)CC1. The molecule has 0 bridgehead atoms. The van der Waals surface area contributed by atoms with Crippen molar-refractivity contribution in [3.8, 4) is 0 Å². The van der Waals surface area contributed by atoms with E-state index >= 15 is 0 Å². The third-order valence-electron chi connectivity index (χ3n) is 3.55. The van der Waals surface area contributed by atoms with Crippen LogP contribution in [0.15, 0.2) is 0 Å². The summed E-state index contributed by atoms with van der Waals surface area (Å²) in [5.74, 6) is 1.77. The van der Waals surface area contributed by atoms with E-state index in [0.29, 0.717) is 0 Å². The van der Waals surface area contributed by atoms with Crippen LogP contribution < -0.4 is 5.32 Å². The van der Waals surface area contributed by atoms with E-state index < -0.39 is 0 Å². The Morgan fingerprint density at radius 3 is 2.60 bits per heavy atom. The Morgan fingerprint density at radius 2 is 2.00 bits per heavy atom. The first-order valence-corrected chi connectivity index (χ1v) is 6.61. The predicted octanol–water partition coefficient (Wildman–Crippen LogP) is 2.35. The van der Waals surface area contributed by atoms with Crippen molar-refractivity contribution in [1.29, 1.82) is 0 Å². The number of piperidine rings is 1. The van der Waals surface area contributed by atoms with Crippen LogP contribution in [0, 0.1) is 11.8 Å². The molecule has 0 spiro atoms. The van der Waals surface area contributed by atoms with Gasteiger partial charge in [-0.15, -0.1) is 0 Å². The highest BCUT2D eigenvalue weighted by Crippen LogP contribution is 2.14. The zero-order valence-electron chi connectivity index (χ0n) is 10.8. The maximum absolute atomic E-state index is 3.64. The summed E-state index contributed by atoms with van der Waals surface area (Å²) >= 11 is 0. The van der Waals surface area contributed by atoms with Gasteiger partial charge in [-0.2, -0.15) is 0 Å². The smallest absolute Gasteiger partial charge is 0.00187 e. The lowest BCUT2D eigenvalue weighted by atomic mass is 9.97. The van der Waals surface area contributed by atoms with Crippen molar-refractivity contribution in [1.82, 2.24) is 10.2 Å². The fourth-order valence-corrected chi connectivity index (χ4v) is 2.39. The van der Waals surface area contributed by atoms with Crippen molar-refractivity contribution in [3.05, 3.63) is 0 Å². The molecule has 0 aliphatic carbocycles. The maximum atomic E-state index is 3.64. The highest BCUT2D eigenvalue weighted by atomic mass is 15.1. The molecule has 15 heavy (non-hydrogen) atoms. The van der Waals surface area contributed by atoms with Gasteiger partial charge in [-0.05, 0) is 64.3 Å². The minimum absolute atomic E-state index is 0.848. The number of nitrogens with one attached hydrogen (secondary N) is 1. The summed E-state index contributed by atoms with van der Waals surface area (Å²) in [6.07, 6.45) is 5.44. The lowest BCUT2D eigenvalue weighted by Gasteiger charge is -2.29. The number of rotatable bonds is 6. The molecule has 1 aliphatic heterocycles. The van der Waals surface area contributed by atoms with Crippen LogP contribution in [0.25, 0.3) is 0 Å². The second kappa shape index (κ2) is 7.24. The molecule has 1 saturated heterocycles. The summed E-state index contributed by atoms with van der Waals surface area (Å²) in [4.78, 5) is 2.44. The van der Waals surface area contributed by atoms with Gasteiger partial charge >= 0.3 is 0 Å². The van der Waals surface area contributed by atoms with Crippen molar-refractivity contribution in [3.63, 3.8) is 0 Å². The van der Waals surface area contributed by atoms with Crippen LogP contribution in [0.4, 0.5) is 0 Å². The fourth-order valence-electron chi connectivity index (χ4n) is 2.39. The van der Waals surface area contributed by atoms with Crippen LogP contribution in [-0.2, 0) is 0 Å². The summed E-state index contributed by atoms with van der Waals surface area (Å²) in [5.41, 5.74) is 0. The van der Waals surface area contributed by atoms with Gasteiger partial charge in [0.05, 0.1) is 0 Å². The average molecular weight is 212 g/mol. The van der Waals surface area contributed by atoms with E-state index in [9.17, 15) is 0 Å². The third kappa shape index (κ3) is 5.53. The zero-order valence-corrected chi connectivity index (χ0v) is 10.8. The molecule has 90 valence electrons. The minimum atomic E-state index is 0.848. The van der Waals surface area contributed by atoms with E-state index in [0.717, 1.165) is 11.8 Å². The van der Waals surface area contributed by atoms with Gasteiger partial charge in [-0.1, -0.05) is 20.3 Å². The monoisotopic (exact) mass is 212 g/mol. The molecule has 1 unspecified atom stereocenters. The van der Waals surface area contributed by atoms with E-state index in [1.54, 1.807) is 0 Å². The van der Waals surface area contributed by atoms with E-state index in [1.165, 1.54) is 51.9 Å². The van der Waals surface area contributed by atoms with Crippen LogP contribution in [-0.4, -0.2) is 38.1 Å². The molecule has 1 heterocycles. The summed E-state index contributed by atoms with van der Waals surface area (Å²) < 4.78 is 0. The van der Waals surface area contributed by atoms with Gasteiger partial charge in [-0.25, -0.2) is 0 Å². The average Bonchev–Trinajstić information content (AvgIpc) is 2.21. The molecule has 0 aromatic carbocycles. The summed E-state index contributed by atoms with van der Waals surface area (Å²) in [5, 5.41) is 3.64. The molecule has 0 aromatic heterocycles. The van der Waals surface area contributed by atoms with Crippen molar-refractivity contribution in [2.75, 3.05) is 33.2 Å². The third-order valence-corrected chi connectivity index (χ3v) is 3.55. The fraction of sp³-hybridized carbons (Fsp3) is 1.00. The number of hydrogen-bond acceptors (Lipinski definition) is 2. The molecule has 1 aliphatic rings. The second-order valence-electron chi connectivity index (χ2n) is 5.30. The molecule has 0 saturated carbocycles. The van der Waals surface area contributed by atoms with Crippen LogP contribution in [0.3, 0.4) is 0 Å². The van der Waals surface area contributed by atoms with Gasteiger partial charge < -0.3 is 10.2 Å². The highest BCUT2D eigenvalue weighted by molar-refractivity contribution is 4.72. The van der Waals surface area contributed by atoms with Crippen LogP contribution in [0.5, 0.6) is 0 Å². The van der Waals surface area contributed by atoms with Gasteiger partial charge in [0, 0.05) is 0 Å². The Balaban J connectivity index is 2.00. The quantitative estimate of drug-likeness (QED) is 0.727. The minimum Gasteiger partial charge on any atom is -0.316 e. The van der Waals surface area contributed by atoms with Crippen molar-refractivity contribution in [2.24, 2.45) is 11.8 Å². The molecular weight excluding hydrogens is 184 g/mol. The van der Waals surface area contributed by atoms with E-state index in [2.05, 4.69) is 31.1 Å².